The summed E-state index contributed by atoms with van der Waals surface area (Å²) in [5, 5.41) is 6.56. The van der Waals surface area contributed by atoms with Crippen molar-refractivity contribution in [3.8, 4) is 0 Å². The molecule has 0 unspecified atom stereocenters. The molecule has 0 bridgehead atoms. The Kier molecular flexibility index (Phi) is 5.19. The Morgan fingerprint density at radius 3 is 2.54 bits per heavy atom. The topological polar surface area (TPSA) is 66.9 Å². The molecule has 0 aliphatic rings. The van der Waals surface area contributed by atoms with Crippen molar-refractivity contribution in [1.82, 2.24) is 9.97 Å². The number of benzene rings is 2. The molecule has 0 aliphatic heterocycles. The van der Waals surface area contributed by atoms with Gasteiger partial charge in [0.05, 0.1) is 0 Å². The predicted molar refractivity (Wildman–Crippen MR) is 105 cm³/mol. The lowest BCUT2D eigenvalue weighted by Gasteiger charge is -2.10. The van der Waals surface area contributed by atoms with Crippen molar-refractivity contribution in [3.05, 3.63) is 76.1 Å². The summed E-state index contributed by atoms with van der Waals surface area (Å²) in [6, 6.07) is 13.0. The smallest absolute Gasteiger partial charge is 0.274 e. The van der Waals surface area contributed by atoms with Gasteiger partial charge in [-0.25, -0.2) is 9.97 Å². The van der Waals surface area contributed by atoms with Gasteiger partial charge in [-0.05, 0) is 61.7 Å². The molecule has 1 heterocycles. The SMILES string of the molecule is Cc1ccc(C)c(Nc2nccc(C(=O)Nc3ccc(C)c(Cl)c3)n2)c1. The highest BCUT2D eigenvalue weighted by Crippen LogP contribution is 2.21. The van der Waals surface area contributed by atoms with Gasteiger partial charge in [-0.2, -0.15) is 0 Å². The quantitative estimate of drug-likeness (QED) is 0.678. The zero-order valence-corrected chi connectivity index (χ0v) is 15.6. The lowest BCUT2D eigenvalue weighted by molar-refractivity contribution is 0.102. The molecule has 0 saturated carbocycles. The van der Waals surface area contributed by atoms with Gasteiger partial charge in [0, 0.05) is 22.6 Å². The molecule has 0 saturated heterocycles. The number of nitrogens with one attached hydrogen (secondary N) is 2. The molecule has 3 rings (SSSR count). The van der Waals surface area contributed by atoms with Gasteiger partial charge in [0.1, 0.15) is 5.69 Å². The van der Waals surface area contributed by atoms with Gasteiger partial charge in [-0.3, -0.25) is 4.79 Å². The van der Waals surface area contributed by atoms with Gasteiger partial charge in [0.2, 0.25) is 5.95 Å². The van der Waals surface area contributed by atoms with Gasteiger partial charge in [-0.1, -0.05) is 29.8 Å². The first kappa shape index (κ1) is 17.9. The van der Waals surface area contributed by atoms with Crippen LogP contribution in [0.15, 0.2) is 48.7 Å². The van der Waals surface area contributed by atoms with Crippen molar-refractivity contribution >= 4 is 34.8 Å². The zero-order valence-electron chi connectivity index (χ0n) is 14.8. The van der Waals surface area contributed by atoms with Crippen molar-refractivity contribution in [2.45, 2.75) is 20.8 Å². The average molecular weight is 367 g/mol. The van der Waals surface area contributed by atoms with Gasteiger partial charge in [0.25, 0.3) is 5.91 Å². The summed E-state index contributed by atoms with van der Waals surface area (Å²) >= 11 is 6.10. The van der Waals surface area contributed by atoms with Crippen LogP contribution in [-0.4, -0.2) is 15.9 Å². The van der Waals surface area contributed by atoms with Gasteiger partial charge < -0.3 is 10.6 Å². The number of amides is 1. The molecule has 1 aromatic heterocycles. The van der Waals surface area contributed by atoms with E-state index in [2.05, 4.69) is 20.6 Å². The van der Waals surface area contributed by atoms with Crippen LogP contribution in [0.4, 0.5) is 17.3 Å². The second-order valence-electron chi connectivity index (χ2n) is 6.13. The van der Waals surface area contributed by atoms with Crippen molar-refractivity contribution in [2.24, 2.45) is 0 Å². The third-order valence-electron chi connectivity index (χ3n) is 3.96. The van der Waals surface area contributed by atoms with Crippen LogP contribution in [0.5, 0.6) is 0 Å². The Balaban J connectivity index is 1.78. The normalized spacial score (nSPS) is 10.5. The molecule has 5 nitrogen and oxygen atoms in total. The van der Waals surface area contributed by atoms with Crippen LogP contribution in [0.2, 0.25) is 5.02 Å². The second kappa shape index (κ2) is 7.54. The van der Waals surface area contributed by atoms with Crippen LogP contribution in [0.3, 0.4) is 0 Å². The summed E-state index contributed by atoms with van der Waals surface area (Å²) in [4.78, 5) is 21.0. The molecule has 3 aromatic rings. The van der Waals surface area contributed by atoms with E-state index in [4.69, 9.17) is 11.6 Å². The fraction of sp³-hybridized carbons (Fsp3) is 0.150. The second-order valence-corrected chi connectivity index (χ2v) is 6.53. The van der Waals surface area contributed by atoms with E-state index < -0.39 is 0 Å². The Bertz CT molecular complexity index is 972. The summed E-state index contributed by atoms with van der Waals surface area (Å²) in [6.45, 7) is 5.92. The fourth-order valence-corrected chi connectivity index (χ4v) is 2.58. The van der Waals surface area contributed by atoms with Crippen molar-refractivity contribution < 1.29 is 4.79 Å². The summed E-state index contributed by atoms with van der Waals surface area (Å²) < 4.78 is 0. The van der Waals surface area contributed by atoms with E-state index in [0.717, 1.165) is 22.4 Å². The Hall–Kier alpha value is -2.92. The summed E-state index contributed by atoms with van der Waals surface area (Å²) in [5.41, 5.74) is 4.95. The maximum Gasteiger partial charge on any atom is 0.274 e. The van der Waals surface area contributed by atoms with Crippen LogP contribution < -0.4 is 10.6 Å². The minimum atomic E-state index is -0.323. The van der Waals surface area contributed by atoms with E-state index in [-0.39, 0.29) is 11.6 Å². The minimum Gasteiger partial charge on any atom is -0.324 e. The maximum absolute atomic E-state index is 12.5. The molecular weight excluding hydrogens is 348 g/mol. The van der Waals surface area contributed by atoms with Gasteiger partial charge in [-0.15, -0.1) is 0 Å². The number of aromatic nitrogens is 2. The molecule has 6 heteroatoms. The zero-order chi connectivity index (χ0) is 18.7. The molecule has 2 N–H and O–H groups in total. The Morgan fingerprint density at radius 1 is 1.00 bits per heavy atom. The third-order valence-corrected chi connectivity index (χ3v) is 4.36. The molecule has 2 aromatic carbocycles. The molecule has 0 radical (unpaired) electrons. The molecule has 26 heavy (non-hydrogen) atoms. The van der Waals surface area contributed by atoms with E-state index in [1.807, 2.05) is 45.0 Å². The highest BCUT2D eigenvalue weighted by atomic mass is 35.5. The number of aryl methyl sites for hydroxylation is 3. The first-order valence-corrected chi connectivity index (χ1v) is 8.55. The summed E-state index contributed by atoms with van der Waals surface area (Å²) in [6.07, 6.45) is 1.55. The maximum atomic E-state index is 12.5. The fourth-order valence-electron chi connectivity index (χ4n) is 2.40. The lowest BCUT2D eigenvalue weighted by atomic mass is 10.1. The molecule has 0 spiro atoms. The predicted octanol–water partition coefficient (Wildman–Crippen LogP) is 5.05. The summed E-state index contributed by atoms with van der Waals surface area (Å²) in [5.74, 6) is 0.0459. The third kappa shape index (κ3) is 4.18. The average Bonchev–Trinajstić information content (AvgIpc) is 2.61. The first-order valence-electron chi connectivity index (χ1n) is 8.17. The number of hydrogen-bond donors (Lipinski definition) is 2. The van der Waals surface area contributed by atoms with Crippen LogP contribution >= 0.6 is 11.6 Å². The Labute approximate surface area is 157 Å². The van der Waals surface area contributed by atoms with Crippen molar-refractivity contribution in [2.75, 3.05) is 10.6 Å². The van der Waals surface area contributed by atoms with Crippen LogP contribution in [0, 0.1) is 20.8 Å². The molecular formula is C20H19ClN4O. The largest absolute Gasteiger partial charge is 0.324 e. The van der Waals surface area contributed by atoms with E-state index >= 15 is 0 Å². The number of hydrogen-bond acceptors (Lipinski definition) is 4. The number of halogens is 1. The van der Waals surface area contributed by atoms with Crippen LogP contribution in [0.1, 0.15) is 27.2 Å². The van der Waals surface area contributed by atoms with Gasteiger partial charge in [0.15, 0.2) is 0 Å². The highest BCUT2D eigenvalue weighted by molar-refractivity contribution is 6.31. The molecule has 0 fully saturated rings. The standard InChI is InChI=1S/C20H19ClN4O/c1-12-4-5-14(3)18(10-12)25-20-22-9-8-17(24-20)19(26)23-15-7-6-13(2)16(21)11-15/h4-11H,1-3H3,(H,23,26)(H,22,24,25). The number of anilines is 3. The minimum absolute atomic E-state index is 0.268. The molecule has 1 amide bonds. The van der Waals surface area contributed by atoms with E-state index in [1.54, 1.807) is 24.4 Å². The number of carbonyl (C=O) groups is 1. The van der Waals surface area contributed by atoms with Gasteiger partial charge >= 0.3 is 0 Å². The van der Waals surface area contributed by atoms with E-state index in [9.17, 15) is 4.79 Å². The van der Waals surface area contributed by atoms with Crippen molar-refractivity contribution in [3.63, 3.8) is 0 Å². The summed E-state index contributed by atoms with van der Waals surface area (Å²) in [7, 11) is 0. The molecule has 0 atom stereocenters. The number of nitrogens with zero attached hydrogens (tertiary/aromatic N) is 2. The highest BCUT2D eigenvalue weighted by Gasteiger charge is 2.11. The number of rotatable bonds is 4. The van der Waals surface area contributed by atoms with Crippen molar-refractivity contribution in [1.29, 1.82) is 0 Å². The molecule has 0 aliphatic carbocycles. The van der Waals surface area contributed by atoms with E-state index in [1.165, 1.54) is 0 Å². The first-order chi connectivity index (χ1) is 12.4. The molecule has 132 valence electrons. The Morgan fingerprint density at radius 2 is 1.77 bits per heavy atom. The number of carbonyl (C=O) groups excluding carboxylic acids is 1. The lowest BCUT2D eigenvalue weighted by Crippen LogP contribution is -2.15. The van der Waals surface area contributed by atoms with E-state index in [0.29, 0.717) is 16.7 Å². The monoisotopic (exact) mass is 366 g/mol. The van der Waals surface area contributed by atoms with Crippen LogP contribution in [-0.2, 0) is 0 Å². The van der Waals surface area contributed by atoms with Crippen LogP contribution in [0.25, 0.3) is 0 Å².